The Balaban J connectivity index is 2.99. The van der Waals surface area contributed by atoms with Crippen molar-refractivity contribution in [2.75, 3.05) is 19.8 Å². The highest BCUT2D eigenvalue weighted by Crippen LogP contribution is 2.31. The molecular weight excluding hydrogens is 202 g/mol. The third-order valence-electron chi connectivity index (χ3n) is 3.00. The van der Waals surface area contributed by atoms with Crippen molar-refractivity contribution in [1.82, 2.24) is 0 Å². The zero-order chi connectivity index (χ0) is 10.8. The first-order chi connectivity index (χ1) is 6.46. The SMILES string of the molecule is CC(C)S(=O)(=O)C1(CN)CCOCC1. The molecule has 1 fully saturated rings. The van der Waals surface area contributed by atoms with Gasteiger partial charge in [0.25, 0.3) is 0 Å². The minimum atomic E-state index is -3.12. The van der Waals surface area contributed by atoms with Crippen LogP contribution < -0.4 is 5.73 Å². The van der Waals surface area contributed by atoms with E-state index in [1.54, 1.807) is 13.8 Å². The molecule has 0 unspecified atom stereocenters. The zero-order valence-electron chi connectivity index (χ0n) is 8.82. The van der Waals surface area contributed by atoms with E-state index in [-0.39, 0.29) is 11.8 Å². The summed E-state index contributed by atoms with van der Waals surface area (Å²) >= 11 is 0. The summed E-state index contributed by atoms with van der Waals surface area (Å²) in [5.41, 5.74) is 5.63. The molecular formula is C9H19NO3S. The lowest BCUT2D eigenvalue weighted by molar-refractivity contribution is 0.0763. The molecule has 1 rings (SSSR count). The van der Waals surface area contributed by atoms with Gasteiger partial charge >= 0.3 is 0 Å². The average molecular weight is 221 g/mol. The van der Waals surface area contributed by atoms with Gasteiger partial charge in [0.15, 0.2) is 9.84 Å². The van der Waals surface area contributed by atoms with Gasteiger partial charge in [-0.1, -0.05) is 0 Å². The van der Waals surface area contributed by atoms with E-state index in [2.05, 4.69) is 0 Å². The molecule has 0 aromatic rings. The second-order valence-electron chi connectivity index (χ2n) is 4.09. The lowest BCUT2D eigenvalue weighted by Crippen LogP contribution is -2.52. The molecule has 0 aromatic heterocycles. The molecule has 2 N–H and O–H groups in total. The smallest absolute Gasteiger partial charge is 0.159 e. The number of sulfone groups is 1. The van der Waals surface area contributed by atoms with Gasteiger partial charge < -0.3 is 10.5 Å². The Hall–Kier alpha value is -0.130. The van der Waals surface area contributed by atoms with Crippen molar-refractivity contribution in [3.05, 3.63) is 0 Å². The molecule has 0 saturated carbocycles. The highest BCUT2D eigenvalue weighted by molar-refractivity contribution is 7.93. The molecule has 1 heterocycles. The Kier molecular flexibility index (Phi) is 3.55. The Morgan fingerprint density at radius 1 is 1.36 bits per heavy atom. The monoisotopic (exact) mass is 221 g/mol. The van der Waals surface area contributed by atoms with Crippen LogP contribution in [0.15, 0.2) is 0 Å². The lowest BCUT2D eigenvalue weighted by Gasteiger charge is -2.36. The van der Waals surface area contributed by atoms with E-state index in [9.17, 15) is 8.42 Å². The minimum Gasteiger partial charge on any atom is -0.381 e. The fraction of sp³-hybridized carbons (Fsp3) is 1.00. The second-order valence-corrected chi connectivity index (χ2v) is 6.99. The van der Waals surface area contributed by atoms with Crippen molar-refractivity contribution < 1.29 is 13.2 Å². The number of hydrogen-bond donors (Lipinski definition) is 1. The number of rotatable bonds is 3. The van der Waals surface area contributed by atoms with Gasteiger partial charge in [0.05, 0.1) is 10.00 Å². The summed E-state index contributed by atoms with van der Waals surface area (Å²) in [7, 11) is -3.12. The van der Waals surface area contributed by atoms with E-state index in [0.29, 0.717) is 26.1 Å². The first-order valence-corrected chi connectivity index (χ1v) is 6.52. The largest absolute Gasteiger partial charge is 0.381 e. The molecule has 0 radical (unpaired) electrons. The van der Waals surface area contributed by atoms with E-state index >= 15 is 0 Å². The third kappa shape index (κ3) is 1.81. The van der Waals surface area contributed by atoms with Gasteiger partial charge in [-0.05, 0) is 26.7 Å². The summed E-state index contributed by atoms with van der Waals surface area (Å²) in [5.74, 6) is 0. The predicted molar refractivity (Wildman–Crippen MR) is 55.9 cm³/mol. The summed E-state index contributed by atoms with van der Waals surface area (Å²) in [6, 6.07) is 0. The van der Waals surface area contributed by atoms with Crippen LogP contribution in [-0.2, 0) is 14.6 Å². The van der Waals surface area contributed by atoms with Crippen molar-refractivity contribution in [2.24, 2.45) is 5.73 Å². The van der Waals surface area contributed by atoms with Crippen LogP contribution >= 0.6 is 0 Å². The highest BCUT2D eigenvalue weighted by Gasteiger charge is 2.45. The molecule has 0 bridgehead atoms. The number of ether oxygens (including phenoxy) is 1. The third-order valence-corrected chi connectivity index (χ3v) is 6.02. The maximum absolute atomic E-state index is 12.1. The molecule has 0 amide bonds. The normalized spacial score (nSPS) is 22.6. The number of nitrogens with two attached hydrogens (primary N) is 1. The van der Waals surface area contributed by atoms with Crippen LogP contribution in [0.2, 0.25) is 0 Å². The second kappa shape index (κ2) is 4.16. The quantitative estimate of drug-likeness (QED) is 0.745. The van der Waals surface area contributed by atoms with Crippen LogP contribution in [-0.4, -0.2) is 38.2 Å². The number of hydrogen-bond acceptors (Lipinski definition) is 4. The van der Waals surface area contributed by atoms with E-state index in [1.807, 2.05) is 0 Å². The molecule has 0 aromatic carbocycles. The van der Waals surface area contributed by atoms with Gasteiger partial charge in [0, 0.05) is 19.8 Å². The fourth-order valence-electron chi connectivity index (χ4n) is 1.85. The Bertz CT molecular complexity index is 278. The van der Waals surface area contributed by atoms with E-state index in [1.165, 1.54) is 0 Å². The molecule has 1 aliphatic rings. The lowest BCUT2D eigenvalue weighted by atomic mass is 9.99. The molecule has 84 valence electrons. The van der Waals surface area contributed by atoms with Crippen LogP contribution in [0, 0.1) is 0 Å². The van der Waals surface area contributed by atoms with Crippen LogP contribution in [0.25, 0.3) is 0 Å². The molecule has 0 aliphatic carbocycles. The van der Waals surface area contributed by atoms with Crippen LogP contribution in [0.5, 0.6) is 0 Å². The van der Waals surface area contributed by atoms with Gasteiger partial charge in [-0.2, -0.15) is 0 Å². The van der Waals surface area contributed by atoms with Gasteiger partial charge in [0.1, 0.15) is 0 Å². The highest BCUT2D eigenvalue weighted by atomic mass is 32.2. The standard InChI is InChI=1S/C9H19NO3S/c1-8(2)14(11,12)9(7-10)3-5-13-6-4-9/h8H,3-7,10H2,1-2H3. The first kappa shape index (κ1) is 11.9. The molecule has 1 aliphatic heterocycles. The van der Waals surface area contributed by atoms with Gasteiger partial charge in [-0.25, -0.2) is 8.42 Å². The summed E-state index contributed by atoms with van der Waals surface area (Å²) in [6.07, 6.45) is 1.06. The van der Waals surface area contributed by atoms with Gasteiger partial charge in [-0.15, -0.1) is 0 Å². The molecule has 1 saturated heterocycles. The van der Waals surface area contributed by atoms with E-state index < -0.39 is 14.6 Å². The maximum atomic E-state index is 12.1. The van der Waals surface area contributed by atoms with Crippen LogP contribution in [0.3, 0.4) is 0 Å². The van der Waals surface area contributed by atoms with E-state index in [0.717, 1.165) is 0 Å². The molecule has 4 nitrogen and oxygen atoms in total. The van der Waals surface area contributed by atoms with Crippen molar-refractivity contribution in [1.29, 1.82) is 0 Å². The Labute approximate surface area is 85.7 Å². The molecule has 5 heteroatoms. The Morgan fingerprint density at radius 2 is 1.86 bits per heavy atom. The average Bonchev–Trinajstić information content (AvgIpc) is 2.18. The fourth-order valence-corrected chi connectivity index (χ4v) is 3.82. The summed E-state index contributed by atoms with van der Waals surface area (Å²) < 4.78 is 28.7. The maximum Gasteiger partial charge on any atom is 0.159 e. The first-order valence-electron chi connectivity index (χ1n) is 4.97. The zero-order valence-corrected chi connectivity index (χ0v) is 9.64. The van der Waals surface area contributed by atoms with Crippen molar-refractivity contribution in [3.8, 4) is 0 Å². The van der Waals surface area contributed by atoms with Gasteiger partial charge in [0.2, 0.25) is 0 Å². The van der Waals surface area contributed by atoms with Crippen molar-refractivity contribution >= 4 is 9.84 Å². The van der Waals surface area contributed by atoms with Gasteiger partial charge in [-0.3, -0.25) is 0 Å². The van der Waals surface area contributed by atoms with E-state index in [4.69, 9.17) is 10.5 Å². The van der Waals surface area contributed by atoms with Crippen molar-refractivity contribution in [3.63, 3.8) is 0 Å². The van der Waals surface area contributed by atoms with Crippen LogP contribution in [0.4, 0.5) is 0 Å². The molecule has 0 spiro atoms. The summed E-state index contributed by atoms with van der Waals surface area (Å²) in [5, 5.41) is -0.357. The minimum absolute atomic E-state index is 0.205. The van der Waals surface area contributed by atoms with Crippen LogP contribution in [0.1, 0.15) is 26.7 Å². The Morgan fingerprint density at radius 3 is 2.21 bits per heavy atom. The van der Waals surface area contributed by atoms with Crippen molar-refractivity contribution in [2.45, 2.75) is 36.7 Å². The molecule has 0 atom stereocenters. The summed E-state index contributed by atoms with van der Waals surface area (Å²) in [4.78, 5) is 0. The predicted octanol–water partition coefficient (Wildman–Crippen LogP) is 0.317. The summed E-state index contributed by atoms with van der Waals surface area (Å²) in [6.45, 7) is 4.63. The topological polar surface area (TPSA) is 69.4 Å². The molecule has 14 heavy (non-hydrogen) atoms.